The van der Waals surface area contributed by atoms with Crippen molar-refractivity contribution >= 4 is 5.69 Å². The second-order valence-corrected chi connectivity index (χ2v) is 3.76. The Morgan fingerprint density at radius 2 is 1.94 bits per heavy atom. The van der Waals surface area contributed by atoms with Crippen LogP contribution in [0.3, 0.4) is 0 Å². The van der Waals surface area contributed by atoms with Gasteiger partial charge in [-0.05, 0) is 19.1 Å². The molecule has 0 amide bonds. The molecule has 0 aliphatic rings. The Balaban J connectivity index is 2.52. The first kappa shape index (κ1) is 14.6. The summed E-state index contributed by atoms with van der Waals surface area (Å²) in [5.41, 5.74) is 0.864. The highest BCUT2D eigenvalue weighted by Gasteiger charge is 2.06. The maximum atomic E-state index is 9.63. The Labute approximate surface area is 108 Å². The molecular formula is C13H21NO4. The number of aliphatic hydroxyl groups excluding tert-OH is 1. The van der Waals surface area contributed by atoms with Gasteiger partial charge in [-0.25, -0.2) is 0 Å². The first-order chi connectivity index (χ1) is 8.71. The van der Waals surface area contributed by atoms with Crippen LogP contribution in [0.2, 0.25) is 0 Å². The summed E-state index contributed by atoms with van der Waals surface area (Å²) in [5, 5.41) is 12.7. The molecule has 1 unspecified atom stereocenters. The van der Waals surface area contributed by atoms with Crippen LogP contribution in [0.5, 0.6) is 11.5 Å². The molecule has 0 saturated carbocycles. The number of aliphatic hydroxyl groups is 1. The van der Waals surface area contributed by atoms with Gasteiger partial charge < -0.3 is 24.6 Å². The zero-order chi connectivity index (χ0) is 13.4. The third kappa shape index (κ3) is 4.43. The van der Waals surface area contributed by atoms with Crippen molar-refractivity contribution in [2.45, 2.75) is 13.0 Å². The first-order valence-corrected chi connectivity index (χ1v) is 5.93. The van der Waals surface area contributed by atoms with E-state index in [1.807, 2.05) is 25.1 Å². The molecule has 0 heterocycles. The molecule has 5 heteroatoms. The van der Waals surface area contributed by atoms with Gasteiger partial charge in [-0.2, -0.15) is 0 Å². The highest BCUT2D eigenvalue weighted by Crippen LogP contribution is 2.29. The maximum absolute atomic E-state index is 9.63. The van der Waals surface area contributed by atoms with Crippen molar-refractivity contribution in [2.75, 3.05) is 39.3 Å². The summed E-state index contributed by atoms with van der Waals surface area (Å²) in [6, 6.07) is 5.51. The highest BCUT2D eigenvalue weighted by molar-refractivity contribution is 5.54. The van der Waals surface area contributed by atoms with E-state index in [4.69, 9.17) is 14.2 Å². The van der Waals surface area contributed by atoms with Crippen LogP contribution >= 0.6 is 0 Å². The number of rotatable bonds is 8. The average molecular weight is 255 g/mol. The third-order valence-corrected chi connectivity index (χ3v) is 2.44. The fourth-order valence-electron chi connectivity index (χ4n) is 1.49. The maximum Gasteiger partial charge on any atom is 0.162 e. The number of hydrogen-bond donors (Lipinski definition) is 2. The summed E-state index contributed by atoms with van der Waals surface area (Å²) >= 11 is 0. The molecule has 0 saturated heterocycles. The van der Waals surface area contributed by atoms with Gasteiger partial charge in [0.1, 0.15) is 0 Å². The smallest absolute Gasteiger partial charge is 0.162 e. The van der Waals surface area contributed by atoms with E-state index in [2.05, 4.69) is 5.32 Å². The monoisotopic (exact) mass is 255 g/mol. The van der Waals surface area contributed by atoms with E-state index < -0.39 is 6.10 Å². The van der Waals surface area contributed by atoms with Crippen LogP contribution in [0.1, 0.15) is 6.92 Å². The SMILES string of the molecule is CCOCC(O)CNc1ccc(OC)c(OC)c1. The Kier molecular flexibility index (Phi) is 6.32. The van der Waals surface area contributed by atoms with E-state index in [9.17, 15) is 5.11 Å². The van der Waals surface area contributed by atoms with E-state index >= 15 is 0 Å². The van der Waals surface area contributed by atoms with E-state index in [0.717, 1.165) is 5.69 Å². The van der Waals surface area contributed by atoms with E-state index in [1.165, 1.54) is 0 Å². The van der Waals surface area contributed by atoms with Crippen molar-refractivity contribution in [1.29, 1.82) is 0 Å². The van der Waals surface area contributed by atoms with Gasteiger partial charge >= 0.3 is 0 Å². The molecule has 102 valence electrons. The lowest BCUT2D eigenvalue weighted by atomic mass is 10.2. The quantitative estimate of drug-likeness (QED) is 0.737. The zero-order valence-electron chi connectivity index (χ0n) is 11.1. The predicted molar refractivity (Wildman–Crippen MR) is 70.5 cm³/mol. The molecule has 1 aromatic rings. The Bertz CT molecular complexity index is 357. The molecule has 0 aliphatic carbocycles. The Morgan fingerprint density at radius 3 is 2.56 bits per heavy atom. The van der Waals surface area contributed by atoms with E-state index in [-0.39, 0.29) is 0 Å². The van der Waals surface area contributed by atoms with Crippen LogP contribution in [0, 0.1) is 0 Å². The van der Waals surface area contributed by atoms with Gasteiger partial charge in [-0.3, -0.25) is 0 Å². The van der Waals surface area contributed by atoms with Gasteiger partial charge in [0.15, 0.2) is 11.5 Å². The molecule has 2 N–H and O–H groups in total. The van der Waals surface area contributed by atoms with Crippen LogP contribution in [-0.2, 0) is 4.74 Å². The highest BCUT2D eigenvalue weighted by atomic mass is 16.5. The van der Waals surface area contributed by atoms with Crippen molar-refractivity contribution in [1.82, 2.24) is 0 Å². The van der Waals surface area contributed by atoms with Crippen LogP contribution in [-0.4, -0.2) is 45.2 Å². The molecule has 18 heavy (non-hydrogen) atoms. The predicted octanol–water partition coefficient (Wildman–Crippen LogP) is 1.51. The van der Waals surface area contributed by atoms with Crippen LogP contribution in [0.25, 0.3) is 0 Å². The standard InChI is InChI=1S/C13H21NO4/c1-4-18-9-11(15)8-14-10-5-6-12(16-2)13(7-10)17-3/h5-7,11,14-15H,4,8-9H2,1-3H3. The average Bonchev–Trinajstić information content (AvgIpc) is 2.42. The van der Waals surface area contributed by atoms with Crippen LogP contribution < -0.4 is 14.8 Å². The molecular weight excluding hydrogens is 234 g/mol. The van der Waals surface area contributed by atoms with Gasteiger partial charge in [-0.1, -0.05) is 0 Å². The summed E-state index contributed by atoms with van der Waals surface area (Å²) in [6.45, 7) is 3.26. The fraction of sp³-hybridized carbons (Fsp3) is 0.538. The molecule has 1 aromatic carbocycles. The Morgan fingerprint density at radius 1 is 1.22 bits per heavy atom. The van der Waals surface area contributed by atoms with Gasteiger partial charge in [0.2, 0.25) is 0 Å². The number of ether oxygens (including phenoxy) is 3. The molecule has 0 radical (unpaired) electrons. The lowest BCUT2D eigenvalue weighted by molar-refractivity contribution is 0.0496. The zero-order valence-corrected chi connectivity index (χ0v) is 11.1. The summed E-state index contributed by atoms with van der Waals surface area (Å²) < 4.78 is 15.5. The van der Waals surface area contributed by atoms with Gasteiger partial charge in [-0.15, -0.1) is 0 Å². The fourth-order valence-corrected chi connectivity index (χ4v) is 1.49. The molecule has 0 fully saturated rings. The summed E-state index contributed by atoms with van der Waals surface area (Å²) in [4.78, 5) is 0. The van der Waals surface area contributed by atoms with Gasteiger partial charge in [0.05, 0.1) is 26.9 Å². The topological polar surface area (TPSA) is 60.0 Å². The number of anilines is 1. The largest absolute Gasteiger partial charge is 0.493 e. The summed E-state index contributed by atoms with van der Waals surface area (Å²) in [6.07, 6.45) is -0.530. The summed E-state index contributed by atoms with van der Waals surface area (Å²) in [7, 11) is 3.18. The normalized spacial score (nSPS) is 12.0. The lowest BCUT2D eigenvalue weighted by Crippen LogP contribution is -2.24. The lowest BCUT2D eigenvalue weighted by Gasteiger charge is -2.14. The third-order valence-electron chi connectivity index (χ3n) is 2.44. The number of nitrogens with one attached hydrogen (secondary N) is 1. The molecule has 0 spiro atoms. The minimum absolute atomic E-state index is 0.330. The molecule has 1 atom stereocenters. The summed E-state index contributed by atoms with van der Waals surface area (Å²) in [5.74, 6) is 1.33. The minimum atomic E-state index is -0.530. The molecule has 5 nitrogen and oxygen atoms in total. The number of methoxy groups -OCH3 is 2. The van der Waals surface area contributed by atoms with Gasteiger partial charge in [0, 0.05) is 24.9 Å². The molecule has 1 rings (SSSR count). The second-order valence-electron chi connectivity index (χ2n) is 3.76. The first-order valence-electron chi connectivity index (χ1n) is 5.93. The number of hydrogen-bond acceptors (Lipinski definition) is 5. The molecule has 0 bridgehead atoms. The van der Waals surface area contributed by atoms with Crippen molar-refractivity contribution in [3.63, 3.8) is 0 Å². The van der Waals surface area contributed by atoms with Gasteiger partial charge in [0.25, 0.3) is 0 Å². The number of benzene rings is 1. The minimum Gasteiger partial charge on any atom is -0.493 e. The Hall–Kier alpha value is -1.46. The van der Waals surface area contributed by atoms with E-state index in [0.29, 0.717) is 31.3 Å². The van der Waals surface area contributed by atoms with Crippen molar-refractivity contribution in [3.05, 3.63) is 18.2 Å². The second kappa shape index (κ2) is 7.79. The van der Waals surface area contributed by atoms with Crippen molar-refractivity contribution < 1.29 is 19.3 Å². The van der Waals surface area contributed by atoms with Crippen LogP contribution in [0.15, 0.2) is 18.2 Å². The molecule has 0 aromatic heterocycles. The van der Waals surface area contributed by atoms with E-state index in [1.54, 1.807) is 14.2 Å². The van der Waals surface area contributed by atoms with Crippen molar-refractivity contribution in [3.8, 4) is 11.5 Å². The van der Waals surface area contributed by atoms with Crippen molar-refractivity contribution in [2.24, 2.45) is 0 Å². The molecule has 0 aliphatic heterocycles. The van der Waals surface area contributed by atoms with Crippen LogP contribution in [0.4, 0.5) is 5.69 Å².